The molecule has 0 radical (unpaired) electrons. The van der Waals surface area contributed by atoms with Crippen LogP contribution in [0.15, 0.2) is 271 Å². The molecule has 11 aromatic carbocycles. The molecule has 0 saturated heterocycles. The summed E-state index contributed by atoms with van der Waals surface area (Å²) in [4.78, 5) is 2.38. The van der Waals surface area contributed by atoms with Crippen molar-refractivity contribution in [1.82, 2.24) is 4.57 Å². The van der Waals surface area contributed by atoms with E-state index in [9.17, 15) is 0 Å². The summed E-state index contributed by atoms with van der Waals surface area (Å²) in [6.07, 6.45) is 0. The van der Waals surface area contributed by atoms with Gasteiger partial charge in [-0.1, -0.05) is 206 Å². The molecule has 0 saturated carbocycles. The van der Waals surface area contributed by atoms with Crippen LogP contribution in [0.3, 0.4) is 0 Å². The van der Waals surface area contributed by atoms with Crippen LogP contribution in [0, 0.1) is 0 Å². The van der Waals surface area contributed by atoms with Gasteiger partial charge in [0.1, 0.15) is 11.2 Å². The van der Waals surface area contributed by atoms with Crippen molar-refractivity contribution in [3.63, 3.8) is 0 Å². The molecule has 3 heteroatoms. The Labute approximate surface area is 401 Å². The minimum Gasteiger partial charge on any atom is -0.455 e. The second kappa shape index (κ2) is 16.9. The van der Waals surface area contributed by atoms with Crippen molar-refractivity contribution in [1.29, 1.82) is 0 Å². The van der Waals surface area contributed by atoms with E-state index < -0.39 is 0 Å². The SMILES string of the molecule is c1ccc(-c2ccc(-c3cccc(N(c4ccc(-c5ccc(-c6ccccc6)cc5-n5c6ccccc6c6ccccc65)cc4)c4cccc(-c5cccc6c5oc5ccccc56)c4)c3)cc2)cc1. The number of benzene rings is 11. The average molecular weight is 881 g/mol. The summed E-state index contributed by atoms with van der Waals surface area (Å²) >= 11 is 0. The summed E-state index contributed by atoms with van der Waals surface area (Å²) in [5.74, 6) is 0. The fraction of sp³-hybridized carbons (Fsp3) is 0. The van der Waals surface area contributed by atoms with E-state index in [2.05, 4.69) is 264 Å². The van der Waals surface area contributed by atoms with Crippen LogP contribution in [0.2, 0.25) is 0 Å². The molecule has 0 aliphatic heterocycles. The molecule has 2 heterocycles. The van der Waals surface area contributed by atoms with Gasteiger partial charge in [-0.25, -0.2) is 0 Å². The highest BCUT2D eigenvalue weighted by atomic mass is 16.3. The Balaban J connectivity index is 0.955. The molecular weight excluding hydrogens is 837 g/mol. The number of hydrogen-bond acceptors (Lipinski definition) is 2. The van der Waals surface area contributed by atoms with Crippen molar-refractivity contribution in [3.05, 3.63) is 267 Å². The lowest BCUT2D eigenvalue weighted by Gasteiger charge is -2.27. The van der Waals surface area contributed by atoms with Crippen LogP contribution in [0.25, 0.3) is 105 Å². The van der Waals surface area contributed by atoms with E-state index in [1.807, 2.05) is 12.1 Å². The van der Waals surface area contributed by atoms with Gasteiger partial charge in [-0.05, 0) is 105 Å². The van der Waals surface area contributed by atoms with E-state index in [4.69, 9.17) is 4.42 Å². The zero-order chi connectivity index (χ0) is 45.7. The first kappa shape index (κ1) is 40.1. The Bertz CT molecular complexity index is 3940. The van der Waals surface area contributed by atoms with Gasteiger partial charge in [0.2, 0.25) is 0 Å². The average Bonchev–Trinajstić information content (AvgIpc) is 3.98. The molecule has 324 valence electrons. The van der Waals surface area contributed by atoms with Crippen LogP contribution >= 0.6 is 0 Å². The van der Waals surface area contributed by atoms with Crippen LogP contribution in [0.4, 0.5) is 17.1 Å². The molecule has 0 spiro atoms. The van der Waals surface area contributed by atoms with E-state index >= 15 is 0 Å². The first-order valence-electron chi connectivity index (χ1n) is 23.6. The smallest absolute Gasteiger partial charge is 0.143 e. The molecule has 0 atom stereocenters. The van der Waals surface area contributed by atoms with Crippen LogP contribution in [0.5, 0.6) is 0 Å². The summed E-state index contributed by atoms with van der Waals surface area (Å²) in [5, 5.41) is 4.72. The van der Waals surface area contributed by atoms with E-state index in [0.29, 0.717) is 0 Å². The highest BCUT2D eigenvalue weighted by Crippen LogP contribution is 2.43. The summed E-state index contributed by atoms with van der Waals surface area (Å²) in [5.41, 5.74) is 19.9. The number of para-hydroxylation sites is 4. The van der Waals surface area contributed by atoms with Gasteiger partial charge in [0, 0.05) is 49.7 Å². The van der Waals surface area contributed by atoms with Crippen molar-refractivity contribution >= 4 is 60.8 Å². The number of anilines is 3. The lowest BCUT2D eigenvalue weighted by Crippen LogP contribution is -2.10. The van der Waals surface area contributed by atoms with E-state index in [-0.39, 0.29) is 0 Å². The number of fused-ring (bicyclic) bond motifs is 6. The minimum atomic E-state index is 0.891. The maximum Gasteiger partial charge on any atom is 0.143 e. The van der Waals surface area contributed by atoms with Crippen molar-refractivity contribution < 1.29 is 4.42 Å². The molecule has 0 fully saturated rings. The quantitative estimate of drug-likeness (QED) is 0.144. The van der Waals surface area contributed by atoms with Crippen molar-refractivity contribution in [2.75, 3.05) is 4.90 Å². The van der Waals surface area contributed by atoms with Gasteiger partial charge in [0.15, 0.2) is 0 Å². The largest absolute Gasteiger partial charge is 0.455 e. The van der Waals surface area contributed by atoms with Gasteiger partial charge in [-0.15, -0.1) is 0 Å². The molecule has 3 nitrogen and oxygen atoms in total. The van der Waals surface area contributed by atoms with Crippen LogP contribution < -0.4 is 4.90 Å². The molecule has 0 aliphatic rings. The maximum absolute atomic E-state index is 6.56. The van der Waals surface area contributed by atoms with E-state index in [1.54, 1.807) is 0 Å². The number of nitrogens with zero attached hydrogens (tertiary/aromatic N) is 2. The van der Waals surface area contributed by atoms with Gasteiger partial charge in [0.05, 0.1) is 16.7 Å². The normalized spacial score (nSPS) is 11.5. The lowest BCUT2D eigenvalue weighted by atomic mass is 9.97. The predicted octanol–water partition coefficient (Wildman–Crippen LogP) is 18.5. The molecule has 0 N–H and O–H groups in total. The van der Waals surface area contributed by atoms with E-state index in [0.717, 1.165) is 78.1 Å². The van der Waals surface area contributed by atoms with Gasteiger partial charge in [0.25, 0.3) is 0 Å². The number of hydrogen-bond donors (Lipinski definition) is 0. The van der Waals surface area contributed by atoms with Gasteiger partial charge in [-0.2, -0.15) is 0 Å². The maximum atomic E-state index is 6.56. The molecule has 69 heavy (non-hydrogen) atoms. The van der Waals surface area contributed by atoms with Crippen LogP contribution in [-0.2, 0) is 0 Å². The van der Waals surface area contributed by atoms with Crippen LogP contribution in [-0.4, -0.2) is 4.57 Å². The molecule has 0 aliphatic carbocycles. The number of rotatable bonds is 9. The summed E-state index contributed by atoms with van der Waals surface area (Å²) < 4.78 is 9.01. The number of furan rings is 1. The summed E-state index contributed by atoms with van der Waals surface area (Å²) in [7, 11) is 0. The Kier molecular flexibility index (Phi) is 9.84. The molecular formula is C66H44N2O. The standard InChI is InChI=1S/C66H44N2O/c1-3-16-45(17-4-1)47-32-34-48(35-33-47)50-20-13-22-54(42-50)67(55-23-14-21-52(43-55)57-27-15-28-61-60-26-9-12-31-65(60)69-66(57)61)53-39-36-49(37-40-53)56-41-38-51(46-18-5-2-6-19-46)44-64(56)68-62-29-10-7-24-58(62)59-25-8-11-30-63(59)68/h1-44H. The number of aromatic nitrogens is 1. The highest BCUT2D eigenvalue weighted by Gasteiger charge is 2.20. The second-order valence-corrected chi connectivity index (χ2v) is 17.7. The monoisotopic (exact) mass is 880 g/mol. The fourth-order valence-corrected chi connectivity index (χ4v) is 10.3. The molecule has 2 aromatic heterocycles. The first-order valence-corrected chi connectivity index (χ1v) is 23.6. The first-order chi connectivity index (χ1) is 34.2. The topological polar surface area (TPSA) is 21.3 Å². The molecule has 13 aromatic rings. The molecule has 0 unspecified atom stereocenters. The van der Waals surface area contributed by atoms with Gasteiger partial charge >= 0.3 is 0 Å². The summed E-state index contributed by atoms with van der Waals surface area (Å²) in [6, 6.07) is 96.1. The van der Waals surface area contributed by atoms with E-state index in [1.165, 1.54) is 44.1 Å². The molecule has 0 bridgehead atoms. The zero-order valence-corrected chi connectivity index (χ0v) is 37.7. The molecule has 0 amide bonds. The zero-order valence-electron chi connectivity index (χ0n) is 37.7. The fourth-order valence-electron chi connectivity index (χ4n) is 10.3. The third-order valence-corrected chi connectivity index (χ3v) is 13.6. The Morgan fingerprint density at radius 3 is 1.42 bits per heavy atom. The Morgan fingerprint density at radius 2 is 0.739 bits per heavy atom. The molecule has 13 rings (SSSR count). The summed E-state index contributed by atoms with van der Waals surface area (Å²) in [6.45, 7) is 0. The Morgan fingerprint density at radius 1 is 0.275 bits per heavy atom. The highest BCUT2D eigenvalue weighted by molar-refractivity contribution is 6.11. The minimum absolute atomic E-state index is 0.891. The lowest BCUT2D eigenvalue weighted by molar-refractivity contribution is 0.670. The Hall–Kier alpha value is -9.18. The predicted molar refractivity (Wildman–Crippen MR) is 290 cm³/mol. The van der Waals surface area contributed by atoms with Crippen molar-refractivity contribution in [2.24, 2.45) is 0 Å². The third-order valence-electron chi connectivity index (χ3n) is 13.6. The third kappa shape index (κ3) is 7.16. The van der Waals surface area contributed by atoms with Crippen LogP contribution in [0.1, 0.15) is 0 Å². The second-order valence-electron chi connectivity index (χ2n) is 17.7. The van der Waals surface area contributed by atoms with Crippen molar-refractivity contribution in [3.8, 4) is 61.3 Å². The van der Waals surface area contributed by atoms with Crippen molar-refractivity contribution in [2.45, 2.75) is 0 Å². The van der Waals surface area contributed by atoms with Gasteiger partial charge < -0.3 is 13.9 Å². The van der Waals surface area contributed by atoms with Gasteiger partial charge in [-0.3, -0.25) is 0 Å².